The number of aliphatic hydroxyl groups is 1. The van der Waals surface area contributed by atoms with Gasteiger partial charge in [0, 0.05) is 16.5 Å². The zero-order chi connectivity index (χ0) is 25.1. The molecule has 0 aromatic heterocycles. The van der Waals surface area contributed by atoms with Crippen LogP contribution in [-0.4, -0.2) is 29.6 Å². The number of benzene rings is 5. The van der Waals surface area contributed by atoms with Crippen LogP contribution in [0.1, 0.15) is 24.0 Å². The van der Waals surface area contributed by atoms with E-state index >= 15 is 0 Å². The van der Waals surface area contributed by atoms with Crippen molar-refractivity contribution in [2.75, 3.05) is 6.61 Å². The molecule has 0 aliphatic heterocycles. The van der Waals surface area contributed by atoms with Crippen LogP contribution in [0.5, 0.6) is 0 Å². The third kappa shape index (κ3) is 5.15. The molecule has 3 N–H and O–H groups in total. The van der Waals surface area contributed by atoms with Crippen LogP contribution in [-0.2, 0) is 22.6 Å². The summed E-state index contributed by atoms with van der Waals surface area (Å²) in [7, 11) is 0. The van der Waals surface area contributed by atoms with Gasteiger partial charge in [0.2, 0.25) is 11.8 Å². The predicted octanol–water partition coefficient (Wildman–Crippen LogP) is 5.30. The number of carbonyl (C=O) groups is 2. The van der Waals surface area contributed by atoms with Gasteiger partial charge in [0.05, 0.1) is 6.61 Å². The van der Waals surface area contributed by atoms with Crippen molar-refractivity contribution >= 4 is 66.7 Å². The minimum Gasteiger partial charge on any atom is -0.394 e. The highest BCUT2D eigenvalue weighted by Gasteiger charge is 2.19. The molecule has 6 heteroatoms. The minimum absolute atomic E-state index is 0.240. The van der Waals surface area contributed by atoms with Gasteiger partial charge in [-0.25, -0.2) is 0 Å². The Balaban J connectivity index is 1.20. The highest BCUT2D eigenvalue weighted by atomic mass is 127. The summed E-state index contributed by atoms with van der Waals surface area (Å²) in [4.78, 5) is 25.0. The first-order valence-electron chi connectivity index (χ1n) is 12.1. The number of hydrogen-bond acceptors (Lipinski definition) is 3. The maximum atomic E-state index is 12.6. The second-order valence-electron chi connectivity index (χ2n) is 9.08. The molecule has 5 aromatic rings. The lowest BCUT2D eigenvalue weighted by molar-refractivity contribution is -0.130. The molecule has 0 radical (unpaired) electrons. The van der Waals surface area contributed by atoms with Crippen LogP contribution >= 0.6 is 22.6 Å². The Hall–Kier alpha value is -3.23. The van der Waals surface area contributed by atoms with Gasteiger partial charge in [-0.2, -0.15) is 0 Å². The molecule has 0 aliphatic rings. The molecule has 1 atom stereocenters. The maximum absolute atomic E-state index is 12.6. The smallest absolute Gasteiger partial charge is 0.245 e. The molecular weight excluding hydrogens is 563 g/mol. The van der Waals surface area contributed by atoms with Gasteiger partial charge < -0.3 is 15.7 Å². The quantitative estimate of drug-likeness (QED) is 0.161. The average molecular weight is 590 g/mol. The molecule has 0 aliphatic carbocycles. The van der Waals surface area contributed by atoms with Crippen LogP contribution in [0.2, 0.25) is 0 Å². The standard InChI is InChI=1S/C30H27IN2O3/c31-24-8-1-4-19(16-24)17-32-30(36)26(18-34)33-27(35)9-3-5-20-10-11-23-13-12-21-6-2-7-22-14-15-25(20)29(23)28(21)22/h1-2,4,6-8,10-16,26,34H,3,5,9,17-18H2,(H,32,36)(H,33,35). The molecule has 2 amide bonds. The second kappa shape index (κ2) is 10.8. The Morgan fingerprint density at radius 3 is 2.31 bits per heavy atom. The van der Waals surface area contributed by atoms with Crippen LogP contribution < -0.4 is 10.6 Å². The van der Waals surface area contributed by atoms with Gasteiger partial charge in [-0.1, -0.05) is 66.7 Å². The number of halogens is 1. The van der Waals surface area contributed by atoms with Gasteiger partial charge in [0.25, 0.3) is 0 Å². The Kier molecular flexibility index (Phi) is 7.34. The summed E-state index contributed by atoms with van der Waals surface area (Å²) in [6.45, 7) is -0.102. The highest BCUT2D eigenvalue weighted by Crippen LogP contribution is 2.36. The SMILES string of the molecule is O=C(CCCc1ccc2ccc3cccc4ccc1c2c34)NC(CO)C(=O)NCc1cccc(I)c1. The average Bonchev–Trinajstić information content (AvgIpc) is 2.89. The van der Waals surface area contributed by atoms with Gasteiger partial charge in [-0.15, -0.1) is 0 Å². The van der Waals surface area contributed by atoms with Gasteiger partial charge in [0.15, 0.2) is 0 Å². The van der Waals surface area contributed by atoms with Crippen LogP contribution in [0.4, 0.5) is 0 Å². The molecule has 36 heavy (non-hydrogen) atoms. The summed E-state index contributed by atoms with van der Waals surface area (Å²) in [6, 6.07) is 26.2. The molecule has 0 saturated heterocycles. The van der Waals surface area contributed by atoms with Crippen LogP contribution in [0.15, 0.2) is 78.9 Å². The summed E-state index contributed by atoms with van der Waals surface area (Å²) in [5, 5.41) is 22.6. The fraction of sp³-hybridized carbons (Fsp3) is 0.200. The minimum atomic E-state index is -0.963. The maximum Gasteiger partial charge on any atom is 0.245 e. The normalized spacial score (nSPS) is 12.3. The van der Waals surface area contributed by atoms with E-state index < -0.39 is 18.6 Å². The first kappa shape index (κ1) is 24.5. The van der Waals surface area contributed by atoms with Crippen molar-refractivity contribution in [1.82, 2.24) is 10.6 Å². The van der Waals surface area contributed by atoms with Crippen LogP contribution in [0, 0.1) is 3.57 Å². The Morgan fingerprint density at radius 2 is 1.56 bits per heavy atom. The van der Waals surface area contributed by atoms with E-state index in [1.807, 2.05) is 24.3 Å². The molecule has 0 saturated carbocycles. The van der Waals surface area contributed by atoms with Crippen molar-refractivity contribution in [3.63, 3.8) is 0 Å². The summed E-state index contributed by atoms with van der Waals surface area (Å²) in [5.74, 6) is -0.632. The van der Waals surface area contributed by atoms with Gasteiger partial charge in [-0.05, 0) is 91.0 Å². The van der Waals surface area contributed by atoms with Crippen LogP contribution in [0.25, 0.3) is 32.3 Å². The molecule has 0 heterocycles. The Labute approximate surface area is 223 Å². The van der Waals surface area contributed by atoms with Crippen molar-refractivity contribution in [3.8, 4) is 0 Å². The van der Waals surface area contributed by atoms with E-state index in [4.69, 9.17) is 0 Å². The second-order valence-corrected chi connectivity index (χ2v) is 10.3. The van der Waals surface area contributed by atoms with Crippen molar-refractivity contribution in [2.45, 2.75) is 31.8 Å². The van der Waals surface area contributed by atoms with E-state index in [1.165, 1.54) is 37.9 Å². The molecule has 5 nitrogen and oxygen atoms in total. The number of carbonyl (C=O) groups excluding carboxylic acids is 2. The topological polar surface area (TPSA) is 78.4 Å². The Bertz CT molecular complexity index is 1530. The summed E-state index contributed by atoms with van der Waals surface area (Å²) < 4.78 is 1.08. The molecule has 0 spiro atoms. The molecule has 1 unspecified atom stereocenters. The van der Waals surface area contributed by atoms with Gasteiger partial charge in [0.1, 0.15) is 6.04 Å². The van der Waals surface area contributed by atoms with Crippen molar-refractivity contribution in [1.29, 1.82) is 0 Å². The first-order chi connectivity index (χ1) is 17.5. The van der Waals surface area contributed by atoms with E-state index in [0.717, 1.165) is 15.6 Å². The third-order valence-electron chi connectivity index (χ3n) is 6.66. The molecule has 0 fully saturated rings. The van der Waals surface area contributed by atoms with Gasteiger partial charge in [-0.3, -0.25) is 9.59 Å². The number of aliphatic hydroxyl groups excluding tert-OH is 1. The number of nitrogens with one attached hydrogen (secondary N) is 2. The number of hydrogen-bond donors (Lipinski definition) is 3. The Morgan fingerprint density at radius 1 is 0.861 bits per heavy atom. The molecule has 182 valence electrons. The summed E-state index contributed by atoms with van der Waals surface area (Å²) in [5.41, 5.74) is 2.18. The zero-order valence-corrected chi connectivity index (χ0v) is 21.9. The fourth-order valence-corrected chi connectivity index (χ4v) is 5.48. The van der Waals surface area contributed by atoms with E-state index in [9.17, 15) is 14.7 Å². The van der Waals surface area contributed by atoms with E-state index in [2.05, 4.69) is 87.8 Å². The molecular formula is C30H27IN2O3. The number of amides is 2. The third-order valence-corrected chi connectivity index (χ3v) is 7.33. The largest absolute Gasteiger partial charge is 0.394 e. The number of rotatable bonds is 9. The van der Waals surface area contributed by atoms with E-state index in [0.29, 0.717) is 13.0 Å². The first-order valence-corrected chi connectivity index (χ1v) is 13.2. The zero-order valence-electron chi connectivity index (χ0n) is 19.8. The van der Waals surface area contributed by atoms with E-state index in [1.54, 1.807) is 0 Å². The lowest BCUT2D eigenvalue weighted by atomic mass is 9.90. The number of aryl methyl sites for hydroxylation is 1. The summed E-state index contributed by atoms with van der Waals surface area (Å²) >= 11 is 2.22. The molecule has 0 bridgehead atoms. The highest BCUT2D eigenvalue weighted by molar-refractivity contribution is 14.1. The van der Waals surface area contributed by atoms with Crippen molar-refractivity contribution in [3.05, 3.63) is 93.6 Å². The predicted molar refractivity (Wildman–Crippen MR) is 153 cm³/mol. The monoisotopic (exact) mass is 590 g/mol. The van der Waals surface area contributed by atoms with Crippen LogP contribution in [0.3, 0.4) is 0 Å². The molecule has 5 aromatic carbocycles. The van der Waals surface area contributed by atoms with Gasteiger partial charge >= 0.3 is 0 Å². The molecule has 5 rings (SSSR count). The fourth-order valence-electron chi connectivity index (χ4n) is 4.87. The van der Waals surface area contributed by atoms with E-state index in [-0.39, 0.29) is 12.3 Å². The van der Waals surface area contributed by atoms with Crippen molar-refractivity contribution < 1.29 is 14.7 Å². The lowest BCUT2D eigenvalue weighted by Gasteiger charge is -2.17. The van der Waals surface area contributed by atoms with Crippen molar-refractivity contribution in [2.24, 2.45) is 0 Å². The summed E-state index contributed by atoms with van der Waals surface area (Å²) in [6.07, 6.45) is 1.69. The lowest BCUT2D eigenvalue weighted by Crippen LogP contribution is -2.48.